The van der Waals surface area contributed by atoms with Crippen LogP contribution in [0.2, 0.25) is 0 Å². The fraction of sp³-hybridized carbons (Fsp3) is 0.938. The second-order valence-corrected chi connectivity index (χ2v) is 6.70. The van der Waals surface area contributed by atoms with Crippen LogP contribution in [0.3, 0.4) is 0 Å². The molecule has 1 N–H and O–H groups in total. The van der Waals surface area contributed by atoms with Crippen LogP contribution in [-0.4, -0.2) is 36.0 Å². The predicted octanol–water partition coefficient (Wildman–Crippen LogP) is 2.41. The van der Waals surface area contributed by atoms with Crippen LogP contribution in [0.4, 0.5) is 0 Å². The number of nitrogens with zero attached hydrogens (tertiary/aromatic N) is 1. The highest BCUT2D eigenvalue weighted by molar-refractivity contribution is 5.83. The third-order valence-corrected chi connectivity index (χ3v) is 5.69. The van der Waals surface area contributed by atoms with Gasteiger partial charge in [0.15, 0.2) is 0 Å². The topological polar surface area (TPSA) is 32.3 Å². The molecule has 1 aliphatic heterocycles. The first-order valence-electron chi connectivity index (χ1n) is 8.30. The van der Waals surface area contributed by atoms with Crippen molar-refractivity contribution in [3.63, 3.8) is 0 Å². The largest absolute Gasteiger partial charge is 0.337 e. The van der Waals surface area contributed by atoms with E-state index in [0.29, 0.717) is 23.9 Å². The third kappa shape index (κ3) is 2.42. The van der Waals surface area contributed by atoms with E-state index >= 15 is 0 Å². The molecule has 0 spiro atoms. The highest BCUT2D eigenvalue weighted by Crippen LogP contribution is 2.56. The van der Waals surface area contributed by atoms with Crippen LogP contribution in [0.15, 0.2) is 0 Å². The Balaban J connectivity index is 1.66. The van der Waals surface area contributed by atoms with Gasteiger partial charge in [-0.05, 0) is 37.5 Å². The van der Waals surface area contributed by atoms with E-state index in [1.54, 1.807) is 0 Å². The Bertz CT molecular complexity index is 332. The number of rotatable bonds is 3. The summed E-state index contributed by atoms with van der Waals surface area (Å²) in [4.78, 5) is 15.1. The lowest BCUT2D eigenvalue weighted by Crippen LogP contribution is -2.58. The Labute approximate surface area is 117 Å². The summed E-state index contributed by atoms with van der Waals surface area (Å²) in [6, 6.07) is 0.936. The number of nitrogens with one attached hydrogen (secondary N) is 1. The second kappa shape index (κ2) is 5.43. The van der Waals surface area contributed by atoms with Gasteiger partial charge in [-0.3, -0.25) is 4.79 Å². The van der Waals surface area contributed by atoms with Gasteiger partial charge in [0.2, 0.25) is 5.91 Å². The molecule has 3 aliphatic rings. The highest BCUT2D eigenvalue weighted by atomic mass is 16.2. The van der Waals surface area contributed by atoms with Crippen LogP contribution in [0.5, 0.6) is 0 Å². The molecule has 1 saturated heterocycles. The van der Waals surface area contributed by atoms with Crippen molar-refractivity contribution in [2.45, 2.75) is 64.5 Å². The molecule has 1 heterocycles. The van der Waals surface area contributed by atoms with Gasteiger partial charge in [0.25, 0.3) is 0 Å². The van der Waals surface area contributed by atoms with Crippen LogP contribution in [-0.2, 0) is 4.79 Å². The average Bonchev–Trinajstić information content (AvgIpc) is 3.20. The molecule has 3 rings (SSSR count). The first-order valence-corrected chi connectivity index (χ1v) is 8.30. The van der Waals surface area contributed by atoms with Crippen molar-refractivity contribution in [3.05, 3.63) is 0 Å². The fourth-order valence-corrected chi connectivity index (χ4v) is 4.32. The Kier molecular flexibility index (Phi) is 3.84. The minimum Gasteiger partial charge on any atom is -0.337 e. The molecule has 2 aliphatic carbocycles. The molecule has 0 bridgehead atoms. The molecule has 4 unspecified atom stereocenters. The van der Waals surface area contributed by atoms with Gasteiger partial charge in [-0.25, -0.2) is 0 Å². The van der Waals surface area contributed by atoms with Gasteiger partial charge in [-0.1, -0.05) is 26.7 Å². The van der Waals surface area contributed by atoms with Crippen molar-refractivity contribution in [2.75, 3.05) is 13.1 Å². The van der Waals surface area contributed by atoms with Gasteiger partial charge in [-0.15, -0.1) is 0 Å². The van der Waals surface area contributed by atoms with Gasteiger partial charge < -0.3 is 10.2 Å². The first kappa shape index (κ1) is 13.4. The summed E-state index contributed by atoms with van der Waals surface area (Å²) in [5.74, 6) is 2.37. The van der Waals surface area contributed by atoms with Crippen molar-refractivity contribution >= 4 is 5.91 Å². The SMILES string of the molecule is CCC1CN(C(=O)C2C3CCCCC32)C(CC)CN1. The molecule has 0 aromatic heterocycles. The third-order valence-electron chi connectivity index (χ3n) is 5.69. The standard InChI is InChI=1S/C16H28N2O/c1-3-11-10-18(12(4-2)9-17-11)16(19)15-13-7-5-6-8-14(13)15/h11-15,17H,3-10H2,1-2H3. The molecule has 1 amide bonds. The normalized spacial score (nSPS) is 41.8. The minimum absolute atomic E-state index is 0.396. The van der Waals surface area contributed by atoms with Crippen LogP contribution in [0, 0.1) is 17.8 Å². The van der Waals surface area contributed by atoms with Crippen molar-refractivity contribution < 1.29 is 4.79 Å². The van der Waals surface area contributed by atoms with Crippen LogP contribution in [0.25, 0.3) is 0 Å². The lowest BCUT2D eigenvalue weighted by Gasteiger charge is -2.40. The van der Waals surface area contributed by atoms with E-state index in [4.69, 9.17) is 0 Å². The maximum Gasteiger partial charge on any atom is 0.226 e. The smallest absolute Gasteiger partial charge is 0.226 e. The quantitative estimate of drug-likeness (QED) is 0.849. The molecule has 3 fully saturated rings. The number of amides is 1. The Morgan fingerprint density at radius 3 is 2.42 bits per heavy atom. The summed E-state index contributed by atoms with van der Waals surface area (Å²) >= 11 is 0. The van der Waals surface area contributed by atoms with Crippen molar-refractivity contribution in [3.8, 4) is 0 Å². The molecule has 0 radical (unpaired) electrons. The molecule has 0 aromatic carbocycles. The molecule has 108 valence electrons. The Morgan fingerprint density at radius 1 is 1.16 bits per heavy atom. The molecule has 3 nitrogen and oxygen atoms in total. The number of carbonyl (C=O) groups is 1. The molecular formula is C16H28N2O. The lowest BCUT2D eigenvalue weighted by atomic mass is 10.0. The first-order chi connectivity index (χ1) is 9.26. The molecule has 0 aromatic rings. The van der Waals surface area contributed by atoms with Crippen molar-refractivity contribution in [1.82, 2.24) is 10.2 Å². The van der Waals surface area contributed by atoms with Gasteiger partial charge in [0.1, 0.15) is 0 Å². The Hall–Kier alpha value is -0.570. The summed E-state index contributed by atoms with van der Waals surface area (Å²) in [5, 5.41) is 3.58. The fourth-order valence-electron chi connectivity index (χ4n) is 4.32. The zero-order valence-electron chi connectivity index (χ0n) is 12.4. The zero-order chi connectivity index (χ0) is 13.4. The van der Waals surface area contributed by atoms with E-state index in [1.165, 1.54) is 25.7 Å². The average molecular weight is 264 g/mol. The second-order valence-electron chi connectivity index (χ2n) is 6.70. The van der Waals surface area contributed by atoms with E-state index in [2.05, 4.69) is 24.1 Å². The monoisotopic (exact) mass is 264 g/mol. The van der Waals surface area contributed by atoms with Gasteiger partial charge >= 0.3 is 0 Å². The number of carbonyl (C=O) groups excluding carboxylic acids is 1. The lowest BCUT2D eigenvalue weighted by molar-refractivity contribution is -0.137. The van der Waals surface area contributed by atoms with Crippen molar-refractivity contribution in [2.24, 2.45) is 17.8 Å². The van der Waals surface area contributed by atoms with Gasteiger partial charge in [0.05, 0.1) is 0 Å². The van der Waals surface area contributed by atoms with E-state index in [0.717, 1.165) is 37.8 Å². The maximum absolute atomic E-state index is 12.9. The molecule has 2 saturated carbocycles. The number of fused-ring (bicyclic) bond motifs is 1. The van der Waals surface area contributed by atoms with E-state index in [9.17, 15) is 4.79 Å². The summed E-state index contributed by atoms with van der Waals surface area (Å²) in [5.41, 5.74) is 0. The summed E-state index contributed by atoms with van der Waals surface area (Å²) in [6.07, 6.45) is 7.51. The van der Waals surface area contributed by atoms with Crippen LogP contribution in [0.1, 0.15) is 52.4 Å². The summed E-state index contributed by atoms with van der Waals surface area (Å²) < 4.78 is 0. The number of piperazine rings is 1. The number of hydrogen-bond acceptors (Lipinski definition) is 2. The van der Waals surface area contributed by atoms with Gasteiger partial charge in [-0.2, -0.15) is 0 Å². The molecule has 19 heavy (non-hydrogen) atoms. The Morgan fingerprint density at radius 2 is 1.84 bits per heavy atom. The van der Waals surface area contributed by atoms with Gasteiger partial charge in [0, 0.05) is 31.1 Å². The van der Waals surface area contributed by atoms with E-state index in [-0.39, 0.29) is 0 Å². The summed E-state index contributed by atoms with van der Waals surface area (Å²) in [6.45, 7) is 6.34. The zero-order valence-corrected chi connectivity index (χ0v) is 12.4. The number of hydrogen-bond donors (Lipinski definition) is 1. The summed E-state index contributed by atoms with van der Waals surface area (Å²) in [7, 11) is 0. The molecule has 3 heteroatoms. The minimum atomic E-state index is 0.396. The van der Waals surface area contributed by atoms with E-state index in [1.807, 2.05) is 0 Å². The van der Waals surface area contributed by atoms with E-state index < -0.39 is 0 Å². The molecular weight excluding hydrogens is 236 g/mol. The maximum atomic E-state index is 12.9. The highest BCUT2D eigenvalue weighted by Gasteiger charge is 2.56. The van der Waals surface area contributed by atoms with Crippen molar-refractivity contribution in [1.29, 1.82) is 0 Å². The molecule has 4 atom stereocenters. The predicted molar refractivity (Wildman–Crippen MR) is 76.8 cm³/mol. The van der Waals surface area contributed by atoms with Crippen LogP contribution < -0.4 is 5.32 Å². The van der Waals surface area contributed by atoms with Crippen LogP contribution >= 0.6 is 0 Å².